The van der Waals surface area contributed by atoms with E-state index in [1.165, 1.54) is 9.78 Å². The molecule has 2 heterocycles. The maximum Gasteiger partial charge on any atom is 0.233 e. The highest BCUT2D eigenvalue weighted by Crippen LogP contribution is 2.52. The van der Waals surface area contributed by atoms with Crippen LogP contribution in [-0.4, -0.2) is 48.9 Å². The van der Waals surface area contributed by atoms with Crippen LogP contribution in [0, 0.1) is 23.7 Å². The number of nitrogens with zero attached hydrogens (tertiary/aromatic N) is 2. The zero-order valence-corrected chi connectivity index (χ0v) is 19.1. The molecule has 0 aromatic carbocycles. The number of fused-ring (bicyclic) bond motifs is 5. The molecule has 1 aromatic heterocycles. The largest absolute Gasteiger partial charge is 0.357 e. The van der Waals surface area contributed by atoms with Crippen molar-refractivity contribution in [3.05, 3.63) is 34.5 Å². The number of rotatable bonds is 7. The Morgan fingerprint density at radius 2 is 1.93 bits per heavy atom. The number of halogens is 1. The van der Waals surface area contributed by atoms with Gasteiger partial charge in [0, 0.05) is 37.5 Å². The van der Waals surface area contributed by atoms with E-state index in [1.807, 2.05) is 13.0 Å². The van der Waals surface area contributed by atoms with Crippen molar-refractivity contribution < 1.29 is 9.59 Å². The van der Waals surface area contributed by atoms with Gasteiger partial charge in [-0.15, -0.1) is 35.3 Å². The van der Waals surface area contributed by atoms with Gasteiger partial charge < -0.3 is 10.6 Å². The lowest BCUT2D eigenvalue weighted by Crippen LogP contribution is -2.43. The van der Waals surface area contributed by atoms with Crippen molar-refractivity contribution in [2.45, 2.75) is 19.8 Å². The molecule has 1 aromatic rings. The molecule has 0 spiro atoms. The molecule has 1 aliphatic heterocycles. The molecular weight excluding hydrogens is 487 g/mol. The van der Waals surface area contributed by atoms with E-state index in [-0.39, 0.29) is 59.5 Å². The van der Waals surface area contributed by atoms with Gasteiger partial charge in [-0.3, -0.25) is 19.5 Å². The highest BCUT2D eigenvalue weighted by atomic mass is 127. The van der Waals surface area contributed by atoms with Gasteiger partial charge in [0.2, 0.25) is 11.8 Å². The van der Waals surface area contributed by atoms with Gasteiger partial charge >= 0.3 is 0 Å². The van der Waals surface area contributed by atoms with E-state index in [9.17, 15) is 9.59 Å². The number of hydrogen-bond acceptors (Lipinski definition) is 4. The molecule has 4 unspecified atom stereocenters. The normalized spacial score (nSPS) is 27.9. The summed E-state index contributed by atoms with van der Waals surface area (Å²) in [6, 6.07) is 4.16. The predicted molar refractivity (Wildman–Crippen MR) is 122 cm³/mol. The van der Waals surface area contributed by atoms with E-state index < -0.39 is 0 Å². The molecule has 6 nitrogen and oxygen atoms in total. The summed E-state index contributed by atoms with van der Waals surface area (Å²) in [5.41, 5.74) is 0. The van der Waals surface area contributed by atoms with Gasteiger partial charge in [0.25, 0.3) is 0 Å². The summed E-state index contributed by atoms with van der Waals surface area (Å²) in [7, 11) is 0. The first kappa shape index (κ1) is 21.3. The number of allylic oxidation sites excluding steroid dienone is 2. The van der Waals surface area contributed by atoms with E-state index in [0.717, 1.165) is 25.3 Å². The third kappa shape index (κ3) is 4.12. The number of nitrogens with one attached hydrogen (secondary N) is 2. The number of likely N-dealkylation sites (tertiary alicyclic amines) is 1. The molecule has 2 aliphatic carbocycles. The van der Waals surface area contributed by atoms with E-state index in [2.05, 4.69) is 39.2 Å². The van der Waals surface area contributed by atoms with Crippen LogP contribution < -0.4 is 10.6 Å². The summed E-state index contributed by atoms with van der Waals surface area (Å²) in [5, 5.41) is 8.54. The Kier molecular flexibility index (Phi) is 7.14. The zero-order chi connectivity index (χ0) is 18.8. The number of guanidine groups is 1. The number of thiophene rings is 1. The van der Waals surface area contributed by atoms with Crippen LogP contribution in [0.15, 0.2) is 34.7 Å². The molecule has 28 heavy (non-hydrogen) atoms. The predicted octanol–water partition coefficient (Wildman–Crippen LogP) is 2.27. The van der Waals surface area contributed by atoms with Crippen LogP contribution >= 0.6 is 35.3 Å². The first-order valence-electron chi connectivity index (χ1n) is 9.77. The second-order valence-corrected chi connectivity index (χ2v) is 8.38. The minimum Gasteiger partial charge on any atom is -0.357 e. The van der Waals surface area contributed by atoms with Crippen molar-refractivity contribution in [2.75, 3.05) is 26.2 Å². The summed E-state index contributed by atoms with van der Waals surface area (Å²) in [4.78, 5) is 32.7. The van der Waals surface area contributed by atoms with Gasteiger partial charge in [-0.25, -0.2) is 0 Å². The third-order valence-corrected chi connectivity index (χ3v) is 6.68. The number of carbonyl (C=O) groups excluding carboxylic acids is 2. The number of amides is 2. The molecular formula is C20H27IN4O2S. The Labute approximate surface area is 186 Å². The van der Waals surface area contributed by atoms with Gasteiger partial charge in [0.1, 0.15) is 0 Å². The third-order valence-electron chi connectivity index (χ3n) is 5.74. The second-order valence-electron chi connectivity index (χ2n) is 7.34. The fourth-order valence-corrected chi connectivity index (χ4v) is 5.24. The molecule has 1 saturated heterocycles. The molecule has 4 rings (SSSR count). The standard InChI is InChI=1S/C20H26N4O2S.HI/c1-2-21-20(22-8-7-15-4-3-11-27-15)23-9-10-24-18(25)16-13-5-6-14(12-13)17(16)19(24)26;/h3-6,11,13-14,16-17H,2,7-10,12H2,1H3,(H2,21,22,23);1H. The highest BCUT2D eigenvalue weighted by Gasteiger charge is 2.58. The average Bonchev–Trinajstić information content (AvgIpc) is 3.43. The summed E-state index contributed by atoms with van der Waals surface area (Å²) in [5.74, 6) is 1.08. The first-order chi connectivity index (χ1) is 13.2. The Hall–Kier alpha value is -1.42. The lowest BCUT2D eigenvalue weighted by atomic mass is 9.85. The summed E-state index contributed by atoms with van der Waals surface area (Å²) in [6.45, 7) is 4.42. The molecule has 152 valence electrons. The van der Waals surface area contributed by atoms with Crippen molar-refractivity contribution in [1.82, 2.24) is 15.5 Å². The van der Waals surface area contributed by atoms with Crippen molar-refractivity contribution in [1.29, 1.82) is 0 Å². The maximum atomic E-state index is 12.7. The summed E-state index contributed by atoms with van der Waals surface area (Å²) in [6.07, 6.45) is 6.14. The van der Waals surface area contributed by atoms with Gasteiger partial charge in [0.15, 0.2) is 5.96 Å². The van der Waals surface area contributed by atoms with Crippen LogP contribution in [0.4, 0.5) is 0 Å². The minimum atomic E-state index is -0.111. The Bertz CT molecular complexity index is 734. The van der Waals surface area contributed by atoms with Crippen LogP contribution in [0.5, 0.6) is 0 Å². The number of imide groups is 1. The number of carbonyl (C=O) groups is 2. The van der Waals surface area contributed by atoms with Crippen LogP contribution in [0.2, 0.25) is 0 Å². The smallest absolute Gasteiger partial charge is 0.233 e. The molecule has 8 heteroatoms. The molecule has 3 aliphatic rings. The second kappa shape index (κ2) is 9.39. The van der Waals surface area contributed by atoms with Crippen molar-refractivity contribution in [2.24, 2.45) is 28.7 Å². The number of hydrogen-bond donors (Lipinski definition) is 2. The van der Waals surface area contributed by atoms with E-state index >= 15 is 0 Å². The Morgan fingerprint density at radius 1 is 1.21 bits per heavy atom. The average molecular weight is 514 g/mol. The maximum absolute atomic E-state index is 12.7. The topological polar surface area (TPSA) is 73.8 Å². The Morgan fingerprint density at radius 3 is 2.54 bits per heavy atom. The molecule has 2 fully saturated rings. The van der Waals surface area contributed by atoms with E-state index in [4.69, 9.17) is 0 Å². The number of aliphatic imine (C=N–C) groups is 1. The van der Waals surface area contributed by atoms with Crippen LogP contribution in [-0.2, 0) is 16.0 Å². The van der Waals surface area contributed by atoms with Gasteiger partial charge in [-0.05, 0) is 36.6 Å². The van der Waals surface area contributed by atoms with Crippen LogP contribution in [0.1, 0.15) is 18.2 Å². The lowest BCUT2D eigenvalue weighted by molar-refractivity contribution is -0.140. The summed E-state index contributed by atoms with van der Waals surface area (Å²) >= 11 is 1.74. The fourth-order valence-electron chi connectivity index (χ4n) is 4.55. The van der Waals surface area contributed by atoms with Gasteiger partial charge in [-0.2, -0.15) is 0 Å². The van der Waals surface area contributed by atoms with Crippen LogP contribution in [0.25, 0.3) is 0 Å². The SMILES string of the molecule is CCNC(=NCCc1cccs1)NCCN1C(=O)C2C3C=CC(C3)C2C1=O.I. The molecule has 2 amide bonds. The highest BCUT2D eigenvalue weighted by molar-refractivity contribution is 14.0. The minimum absolute atomic E-state index is 0. The molecule has 2 bridgehead atoms. The summed E-state index contributed by atoms with van der Waals surface area (Å²) < 4.78 is 0. The van der Waals surface area contributed by atoms with E-state index in [1.54, 1.807) is 11.3 Å². The van der Waals surface area contributed by atoms with Gasteiger partial charge in [-0.1, -0.05) is 18.2 Å². The van der Waals surface area contributed by atoms with Crippen molar-refractivity contribution in [3.8, 4) is 0 Å². The monoisotopic (exact) mass is 514 g/mol. The Balaban J connectivity index is 0.00000225. The first-order valence-corrected chi connectivity index (χ1v) is 10.6. The zero-order valence-electron chi connectivity index (χ0n) is 16.0. The van der Waals surface area contributed by atoms with Crippen LogP contribution in [0.3, 0.4) is 0 Å². The molecule has 1 saturated carbocycles. The quantitative estimate of drug-likeness (QED) is 0.193. The molecule has 2 N–H and O–H groups in total. The van der Waals surface area contributed by atoms with Crippen molar-refractivity contribution in [3.63, 3.8) is 0 Å². The fraction of sp³-hybridized carbons (Fsp3) is 0.550. The van der Waals surface area contributed by atoms with Gasteiger partial charge in [0.05, 0.1) is 11.8 Å². The van der Waals surface area contributed by atoms with E-state index in [0.29, 0.717) is 19.6 Å². The lowest BCUT2D eigenvalue weighted by Gasteiger charge is -2.18. The molecule has 4 atom stereocenters. The molecule has 0 radical (unpaired) electrons. The van der Waals surface area contributed by atoms with Crippen molar-refractivity contribution >= 4 is 53.1 Å².